The van der Waals surface area contributed by atoms with Crippen LogP contribution in [-0.2, 0) is 18.0 Å². The standard InChI is InChI=1S/C26H27F3N2OS/c1-32-20-4-2-16(3-5-20)6-7-33-24-21(15-30)22(26(27,28)29)11-23(31-24)25-12-17-8-18(13-25)10-19(9-17)14-25/h2-5,11,17-19H,6-10,12-14H2,1H3. The van der Waals surface area contributed by atoms with E-state index in [0.717, 1.165) is 30.6 Å². The van der Waals surface area contributed by atoms with Crippen molar-refractivity contribution in [3.8, 4) is 11.8 Å². The normalized spacial score (nSPS) is 28.0. The summed E-state index contributed by atoms with van der Waals surface area (Å²) in [7, 11) is 1.61. The Bertz CT molecular complexity index is 1040. The van der Waals surface area contributed by atoms with Crippen LogP contribution in [0.4, 0.5) is 13.2 Å². The maximum Gasteiger partial charge on any atom is 0.417 e. The summed E-state index contributed by atoms with van der Waals surface area (Å²) in [6.45, 7) is 0. The van der Waals surface area contributed by atoms with Crippen molar-refractivity contribution < 1.29 is 17.9 Å². The minimum atomic E-state index is -4.57. The molecule has 4 fully saturated rings. The number of nitriles is 1. The Morgan fingerprint density at radius 3 is 2.21 bits per heavy atom. The van der Waals surface area contributed by atoms with E-state index >= 15 is 0 Å². The van der Waals surface area contributed by atoms with Gasteiger partial charge in [0.05, 0.1) is 18.2 Å². The summed E-state index contributed by atoms with van der Waals surface area (Å²) >= 11 is 1.26. The largest absolute Gasteiger partial charge is 0.497 e. The summed E-state index contributed by atoms with van der Waals surface area (Å²) in [5.41, 5.74) is 0.219. The van der Waals surface area contributed by atoms with Gasteiger partial charge in [-0.3, -0.25) is 0 Å². The second-order valence-electron chi connectivity index (χ2n) is 9.99. The van der Waals surface area contributed by atoms with Gasteiger partial charge >= 0.3 is 6.18 Å². The van der Waals surface area contributed by atoms with Crippen LogP contribution >= 0.6 is 11.8 Å². The maximum atomic E-state index is 14.0. The molecule has 7 heteroatoms. The first-order valence-corrected chi connectivity index (χ1v) is 12.6. The minimum absolute atomic E-state index is 0.228. The first-order chi connectivity index (χ1) is 15.8. The van der Waals surface area contributed by atoms with E-state index in [1.54, 1.807) is 7.11 Å². The van der Waals surface area contributed by atoms with Crippen LogP contribution < -0.4 is 4.74 Å². The molecule has 1 heterocycles. The highest BCUT2D eigenvalue weighted by Crippen LogP contribution is 2.60. The number of hydrogen-bond acceptors (Lipinski definition) is 4. The highest BCUT2D eigenvalue weighted by atomic mass is 32.2. The second-order valence-corrected chi connectivity index (χ2v) is 11.1. The number of alkyl halides is 3. The quantitative estimate of drug-likeness (QED) is 0.435. The van der Waals surface area contributed by atoms with Crippen molar-refractivity contribution in [3.63, 3.8) is 0 Å². The van der Waals surface area contributed by atoms with Crippen LogP contribution in [0.3, 0.4) is 0 Å². The summed E-state index contributed by atoms with van der Waals surface area (Å²) in [6.07, 6.45) is 2.54. The molecule has 0 spiro atoms. The topological polar surface area (TPSA) is 45.9 Å². The molecule has 4 aliphatic rings. The van der Waals surface area contributed by atoms with E-state index in [-0.39, 0.29) is 16.0 Å². The summed E-state index contributed by atoms with van der Waals surface area (Å²) in [6, 6.07) is 10.7. The number of halogens is 3. The van der Waals surface area contributed by atoms with Gasteiger partial charge in [0, 0.05) is 16.9 Å². The molecule has 0 unspecified atom stereocenters. The molecule has 4 saturated carbocycles. The molecule has 0 saturated heterocycles. The van der Waals surface area contributed by atoms with E-state index in [1.807, 2.05) is 30.3 Å². The van der Waals surface area contributed by atoms with Crippen molar-refractivity contribution in [3.05, 3.63) is 52.7 Å². The van der Waals surface area contributed by atoms with Crippen LogP contribution in [0, 0.1) is 29.1 Å². The van der Waals surface area contributed by atoms with Gasteiger partial charge in [0.2, 0.25) is 0 Å². The SMILES string of the molecule is COc1ccc(CCSc2nc(C34CC5CC(CC(C5)C3)C4)cc(C(F)(F)F)c2C#N)cc1. The Hall–Kier alpha value is -2.20. The van der Waals surface area contributed by atoms with Gasteiger partial charge in [0.15, 0.2) is 0 Å². The average Bonchev–Trinajstić information content (AvgIpc) is 2.77. The maximum absolute atomic E-state index is 14.0. The molecule has 0 amide bonds. The Morgan fingerprint density at radius 2 is 1.70 bits per heavy atom. The number of aromatic nitrogens is 1. The van der Waals surface area contributed by atoms with Crippen molar-refractivity contribution in [2.24, 2.45) is 17.8 Å². The van der Waals surface area contributed by atoms with Gasteiger partial charge in [-0.1, -0.05) is 12.1 Å². The first-order valence-electron chi connectivity index (χ1n) is 11.6. The number of hydrogen-bond donors (Lipinski definition) is 0. The average molecular weight is 473 g/mol. The number of methoxy groups -OCH3 is 1. The van der Waals surface area contributed by atoms with Gasteiger partial charge in [-0.25, -0.2) is 4.98 Å². The molecule has 174 valence electrons. The zero-order valence-electron chi connectivity index (χ0n) is 18.6. The van der Waals surface area contributed by atoms with Crippen LogP contribution in [0.25, 0.3) is 0 Å². The van der Waals surface area contributed by atoms with Gasteiger partial charge in [-0.05, 0) is 86.5 Å². The number of nitrogens with zero attached hydrogens (tertiary/aromatic N) is 2. The molecular formula is C26H27F3N2OS. The molecule has 33 heavy (non-hydrogen) atoms. The third kappa shape index (κ3) is 4.35. The van der Waals surface area contributed by atoms with Crippen molar-refractivity contribution in [1.82, 2.24) is 4.98 Å². The van der Waals surface area contributed by atoms with Gasteiger partial charge in [0.1, 0.15) is 16.8 Å². The third-order valence-corrected chi connectivity index (χ3v) is 8.75. The van der Waals surface area contributed by atoms with E-state index < -0.39 is 11.7 Å². The predicted molar refractivity (Wildman–Crippen MR) is 121 cm³/mol. The summed E-state index contributed by atoms with van der Waals surface area (Å²) in [4.78, 5) is 4.79. The fourth-order valence-electron chi connectivity index (χ4n) is 6.71. The Balaban J connectivity index is 1.45. The Morgan fingerprint density at radius 1 is 1.09 bits per heavy atom. The lowest BCUT2D eigenvalue weighted by Gasteiger charge is -2.56. The molecule has 1 aromatic heterocycles. The molecule has 0 radical (unpaired) electrons. The lowest BCUT2D eigenvalue weighted by Crippen LogP contribution is -2.49. The molecular weight excluding hydrogens is 445 g/mol. The lowest BCUT2D eigenvalue weighted by atomic mass is 9.48. The number of ether oxygens (including phenoxy) is 1. The van der Waals surface area contributed by atoms with Gasteiger partial charge in [0.25, 0.3) is 0 Å². The smallest absolute Gasteiger partial charge is 0.417 e. The highest BCUT2D eigenvalue weighted by Gasteiger charge is 2.53. The van der Waals surface area contributed by atoms with Crippen LogP contribution in [0.2, 0.25) is 0 Å². The summed E-state index contributed by atoms with van der Waals surface area (Å²) in [5, 5.41) is 9.87. The van der Waals surface area contributed by atoms with Crippen molar-refractivity contribution in [2.75, 3.05) is 12.9 Å². The Labute approximate surface area is 196 Å². The second kappa shape index (κ2) is 8.54. The summed E-state index contributed by atoms with van der Waals surface area (Å²) in [5.74, 6) is 3.13. The fourth-order valence-corrected chi connectivity index (χ4v) is 7.71. The van der Waals surface area contributed by atoms with Crippen molar-refractivity contribution >= 4 is 11.8 Å². The lowest BCUT2D eigenvalue weighted by molar-refractivity contribution is -0.138. The molecule has 4 aliphatic carbocycles. The van der Waals surface area contributed by atoms with Gasteiger partial charge < -0.3 is 4.74 Å². The molecule has 0 atom stereocenters. The van der Waals surface area contributed by atoms with Crippen molar-refractivity contribution in [2.45, 2.75) is 61.6 Å². The minimum Gasteiger partial charge on any atom is -0.497 e. The van der Waals surface area contributed by atoms with Crippen LogP contribution in [-0.4, -0.2) is 17.8 Å². The molecule has 2 aromatic rings. The molecule has 0 N–H and O–H groups in total. The van der Waals surface area contributed by atoms with Gasteiger partial charge in [-0.15, -0.1) is 11.8 Å². The zero-order chi connectivity index (χ0) is 23.2. The van der Waals surface area contributed by atoms with Crippen LogP contribution in [0.15, 0.2) is 35.4 Å². The number of aryl methyl sites for hydroxylation is 1. The Kier molecular flexibility index (Phi) is 5.84. The number of benzene rings is 1. The molecule has 0 aliphatic heterocycles. The van der Waals surface area contributed by atoms with Crippen LogP contribution in [0.1, 0.15) is 60.9 Å². The molecule has 3 nitrogen and oxygen atoms in total. The third-order valence-electron chi connectivity index (χ3n) is 7.77. The van der Waals surface area contributed by atoms with Crippen molar-refractivity contribution in [1.29, 1.82) is 5.26 Å². The highest BCUT2D eigenvalue weighted by molar-refractivity contribution is 7.99. The fraction of sp³-hybridized carbons (Fsp3) is 0.538. The monoisotopic (exact) mass is 472 g/mol. The first kappa shape index (κ1) is 22.6. The molecule has 4 bridgehead atoms. The number of rotatable bonds is 6. The number of pyridine rings is 1. The molecule has 6 rings (SSSR count). The van der Waals surface area contributed by atoms with Crippen LogP contribution in [0.5, 0.6) is 5.75 Å². The summed E-state index contributed by atoms with van der Waals surface area (Å²) < 4.78 is 47.3. The van der Waals surface area contributed by atoms with E-state index in [2.05, 4.69) is 0 Å². The van der Waals surface area contributed by atoms with E-state index in [1.165, 1.54) is 37.1 Å². The predicted octanol–water partition coefficient (Wildman–Crippen LogP) is 6.78. The van der Waals surface area contributed by atoms with E-state index in [4.69, 9.17) is 9.72 Å². The molecule has 1 aromatic carbocycles. The van der Waals surface area contributed by atoms with E-state index in [0.29, 0.717) is 35.6 Å². The van der Waals surface area contributed by atoms with Gasteiger partial charge in [-0.2, -0.15) is 18.4 Å². The zero-order valence-corrected chi connectivity index (χ0v) is 19.4. The van der Waals surface area contributed by atoms with E-state index in [9.17, 15) is 18.4 Å². The number of thioether (sulfide) groups is 1.